The molecule has 2 aromatic rings. The Labute approximate surface area is 225 Å². The van der Waals surface area contributed by atoms with Gasteiger partial charge in [-0.3, -0.25) is 9.88 Å². The zero-order valence-electron chi connectivity index (χ0n) is 23.4. The molecule has 0 amide bonds. The van der Waals surface area contributed by atoms with Crippen LogP contribution in [0.3, 0.4) is 0 Å². The van der Waals surface area contributed by atoms with Gasteiger partial charge in [0, 0.05) is 48.9 Å². The zero-order chi connectivity index (χ0) is 28.3. The summed E-state index contributed by atoms with van der Waals surface area (Å²) in [6.45, 7) is 10.4. The van der Waals surface area contributed by atoms with Crippen molar-refractivity contribution in [1.29, 1.82) is 0 Å². The van der Waals surface area contributed by atoms with Crippen LogP contribution in [0.5, 0.6) is 5.75 Å². The van der Waals surface area contributed by atoms with Crippen LogP contribution >= 0.6 is 0 Å². The van der Waals surface area contributed by atoms with Crippen LogP contribution in [0, 0.1) is 11.8 Å². The topological polar surface area (TPSA) is 68.6 Å². The van der Waals surface area contributed by atoms with Crippen molar-refractivity contribution in [2.24, 2.45) is 11.8 Å². The van der Waals surface area contributed by atoms with Crippen LogP contribution in [0.2, 0.25) is 0 Å². The number of aliphatic hydroxyl groups is 1. The Morgan fingerprint density at radius 2 is 1.79 bits per heavy atom. The lowest BCUT2D eigenvalue weighted by atomic mass is 9.92. The molecular formula is C30H44F3N3O2. The molecule has 2 heterocycles. The average Bonchev–Trinajstić information content (AvgIpc) is 3.01. The van der Waals surface area contributed by atoms with Crippen molar-refractivity contribution in [2.45, 2.75) is 72.0 Å². The number of halogens is 3. The minimum absolute atomic E-state index is 0.319. The Bertz CT molecular complexity index is 1020. The fourth-order valence-electron chi connectivity index (χ4n) is 4.66. The van der Waals surface area contributed by atoms with Gasteiger partial charge < -0.3 is 15.5 Å². The molecular weight excluding hydrogens is 491 g/mol. The Morgan fingerprint density at radius 3 is 2.37 bits per heavy atom. The normalized spacial score (nSPS) is 16.7. The molecule has 0 radical (unpaired) electrons. The summed E-state index contributed by atoms with van der Waals surface area (Å²) in [5.74, 6) is 0.888. The first-order chi connectivity index (χ1) is 18.0. The van der Waals surface area contributed by atoms with E-state index < -0.39 is 17.8 Å². The second-order valence-electron chi connectivity index (χ2n) is 10.4. The van der Waals surface area contributed by atoms with E-state index in [1.54, 1.807) is 12.4 Å². The monoisotopic (exact) mass is 535 g/mol. The van der Waals surface area contributed by atoms with E-state index in [2.05, 4.69) is 37.1 Å². The van der Waals surface area contributed by atoms with Gasteiger partial charge in [-0.2, -0.15) is 13.2 Å². The van der Waals surface area contributed by atoms with Crippen molar-refractivity contribution in [2.75, 3.05) is 26.7 Å². The first kappa shape index (κ1) is 31.6. The smallest absolute Gasteiger partial charge is 0.416 e. The number of phenols is 1. The lowest BCUT2D eigenvalue weighted by Gasteiger charge is -2.28. The van der Waals surface area contributed by atoms with Gasteiger partial charge in [0.15, 0.2) is 0 Å². The number of rotatable bonds is 10. The number of hydrogen-bond acceptors (Lipinski definition) is 5. The quantitative estimate of drug-likeness (QED) is 0.305. The van der Waals surface area contributed by atoms with E-state index in [0.717, 1.165) is 54.8 Å². The minimum Gasteiger partial charge on any atom is -0.508 e. The van der Waals surface area contributed by atoms with E-state index in [9.17, 15) is 18.3 Å². The third-order valence-corrected chi connectivity index (χ3v) is 6.77. The summed E-state index contributed by atoms with van der Waals surface area (Å²) in [6.07, 6.45) is 6.63. The van der Waals surface area contributed by atoms with Crippen molar-refractivity contribution in [3.05, 3.63) is 65.0 Å². The number of pyridine rings is 1. The van der Waals surface area contributed by atoms with Gasteiger partial charge in [0.2, 0.25) is 0 Å². The van der Waals surface area contributed by atoms with E-state index in [0.29, 0.717) is 30.6 Å². The second kappa shape index (κ2) is 15.1. The number of aliphatic hydroxyl groups excluding tert-OH is 1. The van der Waals surface area contributed by atoms with Gasteiger partial charge >= 0.3 is 6.18 Å². The molecule has 0 spiro atoms. The van der Waals surface area contributed by atoms with E-state index in [4.69, 9.17) is 5.11 Å². The highest BCUT2D eigenvalue weighted by Crippen LogP contribution is 2.40. The van der Waals surface area contributed by atoms with Gasteiger partial charge in [0.05, 0.1) is 11.6 Å². The number of benzene rings is 1. The molecule has 3 N–H and O–H groups in total. The number of likely N-dealkylation sites (N-methyl/N-ethyl adjacent to an activating group) is 1. The number of phenolic OH excluding ortho intramolecular Hbond substituents is 1. The van der Waals surface area contributed by atoms with Gasteiger partial charge in [-0.15, -0.1) is 0 Å². The maximum absolute atomic E-state index is 13.1. The standard InChI is InChI=1S/C27H36F3N3O.C3H8O/c1-5-6-19(8-7-18(2)3)16-32-24-12-14-33(4)26(21-11-13-31-17-23(21)24)22-10-9-20(15-25(22)34)27(28,29)30;1-2-3-4/h9-13,15,17-19,26,32,34H,5-8,14,16H2,1-4H3;4H,2-3H2,1H3. The van der Waals surface area contributed by atoms with Crippen LogP contribution in [0.4, 0.5) is 13.2 Å². The Hall–Kier alpha value is -2.58. The lowest BCUT2D eigenvalue weighted by Crippen LogP contribution is -2.25. The Kier molecular flexibility index (Phi) is 12.6. The second-order valence-corrected chi connectivity index (χ2v) is 10.4. The molecule has 1 aliphatic rings. The van der Waals surface area contributed by atoms with Crippen LogP contribution in [0.1, 0.15) is 88.1 Å². The summed E-state index contributed by atoms with van der Waals surface area (Å²) in [5, 5.41) is 22.1. The Morgan fingerprint density at radius 1 is 1.08 bits per heavy atom. The van der Waals surface area contributed by atoms with Crippen LogP contribution in [-0.4, -0.2) is 46.8 Å². The van der Waals surface area contributed by atoms with Crippen molar-refractivity contribution in [3.8, 4) is 5.75 Å². The number of aromatic hydroxyl groups is 1. The maximum atomic E-state index is 13.1. The summed E-state index contributed by atoms with van der Waals surface area (Å²) in [6, 6.07) is 4.71. The predicted octanol–water partition coefficient (Wildman–Crippen LogP) is 7.01. The third kappa shape index (κ3) is 9.02. The first-order valence-corrected chi connectivity index (χ1v) is 13.6. The predicted molar refractivity (Wildman–Crippen MR) is 148 cm³/mol. The summed E-state index contributed by atoms with van der Waals surface area (Å²) in [4.78, 5) is 6.35. The number of aromatic nitrogens is 1. The molecule has 2 unspecified atom stereocenters. The van der Waals surface area contributed by atoms with Gasteiger partial charge in [-0.05, 0) is 68.0 Å². The van der Waals surface area contributed by atoms with Crippen LogP contribution in [0.15, 0.2) is 42.7 Å². The molecule has 38 heavy (non-hydrogen) atoms. The summed E-state index contributed by atoms with van der Waals surface area (Å²) >= 11 is 0. The van der Waals surface area contributed by atoms with Crippen LogP contribution in [-0.2, 0) is 6.18 Å². The summed E-state index contributed by atoms with van der Waals surface area (Å²) in [5.41, 5.74) is 2.38. The van der Waals surface area contributed by atoms with Crippen LogP contribution < -0.4 is 5.32 Å². The molecule has 5 nitrogen and oxygen atoms in total. The molecule has 8 heteroatoms. The molecule has 1 aromatic heterocycles. The fourth-order valence-corrected chi connectivity index (χ4v) is 4.66. The summed E-state index contributed by atoms with van der Waals surface area (Å²) in [7, 11) is 1.91. The average molecular weight is 536 g/mol. The molecule has 0 fully saturated rings. The minimum atomic E-state index is -4.50. The van der Waals surface area contributed by atoms with Gasteiger partial charge in [0.1, 0.15) is 5.75 Å². The third-order valence-electron chi connectivity index (χ3n) is 6.77. The number of hydrogen-bond donors (Lipinski definition) is 3. The highest BCUT2D eigenvalue weighted by atomic mass is 19.4. The highest BCUT2D eigenvalue weighted by Gasteiger charge is 2.33. The molecule has 0 aliphatic carbocycles. The first-order valence-electron chi connectivity index (χ1n) is 13.6. The van der Waals surface area contributed by atoms with Crippen molar-refractivity contribution in [3.63, 3.8) is 0 Å². The molecule has 212 valence electrons. The molecule has 1 aliphatic heterocycles. The van der Waals surface area contributed by atoms with Crippen molar-refractivity contribution in [1.82, 2.24) is 15.2 Å². The van der Waals surface area contributed by atoms with E-state index >= 15 is 0 Å². The van der Waals surface area contributed by atoms with E-state index in [1.807, 2.05) is 24.9 Å². The maximum Gasteiger partial charge on any atom is 0.416 e. The van der Waals surface area contributed by atoms with Crippen LogP contribution in [0.25, 0.3) is 5.70 Å². The SMILES string of the molecule is CCCC(CCC(C)C)CNC1=CCN(C)C(c2ccc(C(F)(F)F)cc2O)c2ccncc21.CCCO. The number of alkyl halides is 3. The largest absolute Gasteiger partial charge is 0.508 e. The van der Waals surface area contributed by atoms with Crippen molar-refractivity contribution >= 4 is 5.70 Å². The Balaban J connectivity index is 0.00000118. The molecule has 0 bridgehead atoms. The molecule has 3 rings (SSSR count). The van der Waals surface area contributed by atoms with Gasteiger partial charge in [-0.1, -0.05) is 46.6 Å². The number of fused-ring (bicyclic) bond motifs is 1. The van der Waals surface area contributed by atoms with Gasteiger partial charge in [0.25, 0.3) is 0 Å². The lowest BCUT2D eigenvalue weighted by molar-refractivity contribution is -0.137. The summed E-state index contributed by atoms with van der Waals surface area (Å²) < 4.78 is 39.4. The van der Waals surface area contributed by atoms with Gasteiger partial charge in [-0.25, -0.2) is 0 Å². The molecule has 2 atom stereocenters. The fraction of sp³-hybridized carbons (Fsp3) is 0.567. The zero-order valence-corrected chi connectivity index (χ0v) is 23.4. The number of nitrogens with one attached hydrogen (secondary N) is 1. The van der Waals surface area contributed by atoms with E-state index in [1.165, 1.54) is 18.9 Å². The number of nitrogens with zero attached hydrogens (tertiary/aromatic N) is 2. The molecule has 1 aromatic carbocycles. The molecule has 0 saturated carbocycles. The highest BCUT2D eigenvalue weighted by molar-refractivity contribution is 5.68. The molecule has 0 saturated heterocycles. The van der Waals surface area contributed by atoms with E-state index in [-0.39, 0.29) is 5.75 Å². The van der Waals surface area contributed by atoms with Crippen molar-refractivity contribution < 1.29 is 23.4 Å².